The van der Waals surface area contributed by atoms with E-state index >= 15 is 0 Å². The number of ether oxygens (including phenoxy) is 1. The van der Waals surface area contributed by atoms with Gasteiger partial charge in [0.25, 0.3) is 10.0 Å². The number of hydrogen-bond donors (Lipinski definition) is 0. The van der Waals surface area contributed by atoms with Gasteiger partial charge in [0.2, 0.25) is 5.91 Å². The second kappa shape index (κ2) is 10.2. The third kappa shape index (κ3) is 5.02. The van der Waals surface area contributed by atoms with Crippen LogP contribution in [0.2, 0.25) is 0 Å². The van der Waals surface area contributed by atoms with Crippen molar-refractivity contribution in [3.8, 4) is 5.75 Å². The van der Waals surface area contributed by atoms with E-state index in [9.17, 15) is 13.2 Å². The topological polar surface area (TPSA) is 70.2 Å². The van der Waals surface area contributed by atoms with E-state index in [0.29, 0.717) is 31.9 Å². The molecule has 1 saturated heterocycles. The summed E-state index contributed by atoms with van der Waals surface area (Å²) < 4.78 is 33.5. The van der Waals surface area contributed by atoms with Crippen LogP contribution in [0.1, 0.15) is 5.56 Å². The Hall–Kier alpha value is -3.52. The van der Waals surface area contributed by atoms with Crippen molar-refractivity contribution in [1.29, 1.82) is 0 Å². The second-order valence-corrected chi connectivity index (χ2v) is 10.0. The summed E-state index contributed by atoms with van der Waals surface area (Å²) >= 11 is 0. The van der Waals surface area contributed by atoms with E-state index in [4.69, 9.17) is 4.74 Å². The third-order valence-electron chi connectivity index (χ3n) is 6.06. The maximum Gasteiger partial charge on any atom is 0.264 e. The molecule has 1 fully saturated rings. The average Bonchev–Trinajstić information content (AvgIpc) is 2.88. The number of nitrogens with zero attached hydrogens (tertiary/aromatic N) is 3. The summed E-state index contributed by atoms with van der Waals surface area (Å²) in [6, 6.07) is 23.3. The van der Waals surface area contributed by atoms with Gasteiger partial charge in [0.05, 0.1) is 17.7 Å². The second-order valence-electron chi connectivity index (χ2n) is 8.18. The molecule has 4 rings (SSSR count). The molecule has 0 unspecified atom stereocenters. The Kier molecular flexibility index (Phi) is 7.07. The number of hydrogen-bond acceptors (Lipinski definition) is 5. The van der Waals surface area contributed by atoms with Gasteiger partial charge in [0.15, 0.2) is 0 Å². The van der Waals surface area contributed by atoms with Crippen LogP contribution in [0.3, 0.4) is 0 Å². The van der Waals surface area contributed by atoms with Crippen molar-refractivity contribution in [2.75, 3.05) is 49.0 Å². The number of piperazine rings is 1. The van der Waals surface area contributed by atoms with Gasteiger partial charge in [0.1, 0.15) is 12.3 Å². The predicted octanol–water partition coefficient (Wildman–Crippen LogP) is 3.55. The summed E-state index contributed by atoms with van der Waals surface area (Å²) in [5, 5.41) is 0. The predicted molar refractivity (Wildman–Crippen MR) is 134 cm³/mol. The molecule has 7 nitrogen and oxygen atoms in total. The minimum Gasteiger partial charge on any atom is -0.497 e. The molecule has 3 aromatic carbocycles. The van der Waals surface area contributed by atoms with Crippen molar-refractivity contribution in [3.05, 3.63) is 84.4 Å². The van der Waals surface area contributed by atoms with Gasteiger partial charge < -0.3 is 14.5 Å². The Bertz CT molecular complexity index is 1220. The maximum atomic E-state index is 13.5. The maximum absolute atomic E-state index is 13.5. The first kappa shape index (κ1) is 23.6. The Morgan fingerprint density at radius 1 is 0.882 bits per heavy atom. The number of anilines is 2. The van der Waals surface area contributed by atoms with Crippen LogP contribution in [0.5, 0.6) is 5.75 Å². The molecule has 3 aromatic rings. The lowest BCUT2D eigenvalue weighted by molar-refractivity contribution is -0.129. The lowest BCUT2D eigenvalue weighted by atomic mass is 10.2. The Morgan fingerprint density at radius 3 is 2.12 bits per heavy atom. The van der Waals surface area contributed by atoms with Gasteiger partial charge in [-0.25, -0.2) is 8.42 Å². The smallest absolute Gasteiger partial charge is 0.264 e. The standard InChI is InChI=1S/C26H29N3O4S/c1-21-8-6-7-11-25(21)29(34(31,32)24-9-4-3-5-10-24)20-26(30)28-18-16-27(17-19-28)22-12-14-23(33-2)15-13-22/h3-15H,16-20H2,1-2H3. The molecule has 1 amide bonds. The summed E-state index contributed by atoms with van der Waals surface area (Å²) in [4.78, 5) is 17.4. The monoisotopic (exact) mass is 479 g/mol. The molecule has 0 spiro atoms. The fourth-order valence-electron chi connectivity index (χ4n) is 4.09. The molecule has 0 atom stereocenters. The van der Waals surface area contributed by atoms with E-state index in [1.165, 1.54) is 4.31 Å². The zero-order chi connectivity index (χ0) is 24.1. The Labute approximate surface area is 201 Å². The minimum atomic E-state index is -3.91. The first-order valence-corrected chi connectivity index (χ1v) is 12.6. The van der Waals surface area contributed by atoms with Gasteiger partial charge in [-0.05, 0) is 55.0 Å². The van der Waals surface area contributed by atoms with Crippen LogP contribution in [0.15, 0.2) is 83.8 Å². The molecule has 1 aliphatic heterocycles. The number of methoxy groups -OCH3 is 1. The number of benzene rings is 3. The van der Waals surface area contributed by atoms with E-state index in [-0.39, 0.29) is 17.3 Å². The number of sulfonamides is 1. The van der Waals surface area contributed by atoms with E-state index in [0.717, 1.165) is 17.0 Å². The molecule has 0 aliphatic carbocycles. The summed E-state index contributed by atoms with van der Waals surface area (Å²) in [7, 11) is -2.27. The molecule has 8 heteroatoms. The molecule has 1 heterocycles. The van der Waals surface area contributed by atoms with Crippen molar-refractivity contribution in [3.63, 3.8) is 0 Å². The number of para-hydroxylation sites is 1. The summed E-state index contributed by atoms with van der Waals surface area (Å²) in [5.74, 6) is 0.589. The Balaban J connectivity index is 1.51. The molecular weight excluding hydrogens is 450 g/mol. The lowest BCUT2D eigenvalue weighted by Gasteiger charge is -2.37. The average molecular weight is 480 g/mol. The first-order valence-electron chi connectivity index (χ1n) is 11.2. The van der Waals surface area contributed by atoms with E-state index in [2.05, 4.69) is 4.90 Å². The van der Waals surface area contributed by atoms with Crippen molar-refractivity contribution in [2.45, 2.75) is 11.8 Å². The molecular formula is C26H29N3O4S. The highest BCUT2D eigenvalue weighted by atomic mass is 32.2. The molecule has 178 valence electrons. The van der Waals surface area contributed by atoms with Gasteiger partial charge in [-0.1, -0.05) is 36.4 Å². The number of aryl methyl sites for hydroxylation is 1. The van der Waals surface area contributed by atoms with Crippen molar-refractivity contribution < 1.29 is 17.9 Å². The zero-order valence-electron chi connectivity index (χ0n) is 19.4. The quantitative estimate of drug-likeness (QED) is 0.518. The highest BCUT2D eigenvalue weighted by Crippen LogP contribution is 2.27. The molecule has 0 N–H and O–H groups in total. The minimum absolute atomic E-state index is 0.162. The number of rotatable bonds is 7. The number of carbonyl (C=O) groups excluding carboxylic acids is 1. The van der Waals surface area contributed by atoms with Gasteiger partial charge in [-0.3, -0.25) is 9.10 Å². The van der Waals surface area contributed by atoms with Gasteiger partial charge in [0, 0.05) is 31.9 Å². The SMILES string of the molecule is COc1ccc(N2CCN(C(=O)CN(c3ccccc3C)S(=O)(=O)c3ccccc3)CC2)cc1. The summed E-state index contributed by atoms with van der Waals surface area (Å²) in [6.07, 6.45) is 0. The zero-order valence-corrected chi connectivity index (χ0v) is 20.2. The van der Waals surface area contributed by atoms with Gasteiger partial charge in [-0.2, -0.15) is 0 Å². The van der Waals surface area contributed by atoms with Crippen LogP contribution >= 0.6 is 0 Å². The van der Waals surface area contributed by atoms with E-state index in [1.54, 1.807) is 54.5 Å². The summed E-state index contributed by atoms with van der Waals surface area (Å²) in [5.41, 5.74) is 2.37. The molecule has 0 aromatic heterocycles. The normalized spacial score (nSPS) is 14.1. The lowest BCUT2D eigenvalue weighted by Crippen LogP contribution is -2.52. The fraction of sp³-hybridized carbons (Fsp3) is 0.269. The summed E-state index contributed by atoms with van der Waals surface area (Å²) in [6.45, 7) is 4.00. The van der Waals surface area contributed by atoms with Crippen molar-refractivity contribution in [1.82, 2.24) is 4.90 Å². The van der Waals surface area contributed by atoms with E-state index < -0.39 is 10.0 Å². The first-order chi connectivity index (χ1) is 16.4. The van der Waals surface area contributed by atoms with Crippen LogP contribution in [-0.2, 0) is 14.8 Å². The van der Waals surface area contributed by atoms with Crippen molar-refractivity contribution in [2.24, 2.45) is 0 Å². The number of carbonyl (C=O) groups is 1. The molecule has 34 heavy (non-hydrogen) atoms. The third-order valence-corrected chi connectivity index (χ3v) is 7.84. The van der Waals surface area contributed by atoms with Crippen LogP contribution in [0, 0.1) is 6.92 Å². The highest BCUT2D eigenvalue weighted by Gasteiger charge is 2.30. The van der Waals surface area contributed by atoms with Crippen LogP contribution in [0.25, 0.3) is 0 Å². The van der Waals surface area contributed by atoms with Gasteiger partial charge in [-0.15, -0.1) is 0 Å². The largest absolute Gasteiger partial charge is 0.497 e. The van der Waals surface area contributed by atoms with Gasteiger partial charge >= 0.3 is 0 Å². The highest BCUT2D eigenvalue weighted by molar-refractivity contribution is 7.92. The van der Waals surface area contributed by atoms with Crippen molar-refractivity contribution >= 4 is 27.3 Å². The Morgan fingerprint density at radius 2 is 1.50 bits per heavy atom. The molecule has 0 saturated carbocycles. The molecule has 0 radical (unpaired) electrons. The number of amides is 1. The molecule has 1 aliphatic rings. The fourth-order valence-corrected chi connectivity index (χ4v) is 5.59. The van der Waals surface area contributed by atoms with E-state index in [1.807, 2.05) is 43.3 Å². The van der Waals surface area contributed by atoms with Crippen LogP contribution < -0.4 is 13.9 Å². The van der Waals surface area contributed by atoms with Crippen LogP contribution in [-0.4, -0.2) is 59.1 Å². The van der Waals surface area contributed by atoms with Crippen LogP contribution in [0.4, 0.5) is 11.4 Å². The molecule has 0 bridgehead atoms.